The molecule has 4 rings (SSSR count). The number of benzene rings is 1. The third-order valence-electron chi connectivity index (χ3n) is 3.93. The van der Waals surface area contributed by atoms with Crippen molar-refractivity contribution in [1.29, 1.82) is 0 Å². The first-order valence-corrected chi connectivity index (χ1v) is 8.58. The van der Waals surface area contributed by atoms with E-state index >= 15 is 0 Å². The van der Waals surface area contributed by atoms with Crippen molar-refractivity contribution in [3.05, 3.63) is 41.3 Å². The molecule has 1 N–H and O–H groups in total. The van der Waals surface area contributed by atoms with Crippen LogP contribution >= 0.6 is 11.3 Å². The quantitative estimate of drug-likeness (QED) is 0.773. The minimum atomic E-state index is -0.339. The van der Waals surface area contributed by atoms with E-state index in [1.54, 1.807) is 17.4 Å². The van der Waals surface area contributed by atoms with Crippen molar-refractivity contribution in [2.45, 2.75) is 19.4 Å². The molecule has 1 aromatic carbocycles. The Morgan fingerprint density at radius 3 is 3.12 bits per heavy atom. The van der Waals surface area contributed by atoms with Crippen LogP contribution in [0.2, 0.25) is 0 Å². The lowest BCUT2D eigenvalue weighted by Crippen LogP contribution is -2.16. The van der Waals surface area contributed by atoms with Gasteiger partial charge in [0.15, 0.2) is 0 Å². The van der Waals surface area contributed by atoms with Gasteiger partial charge in [0.2, 0.25) is 0 Å². The summed E-state index contributed by atoms with van der Waals surface area (Å²) >= 11 is 1.57. The highest BCUT2D eigenvalue weighted by Gasteiger charge is 2.20. The van der Waals surface area contributed by atoms with Crippen LogP contribution in [0.1, 0.15) is 12.0 Å². The maximum atomic E-state index is 13.7. The van der Waals surface area contributed by atoms with Crippen molar-refractivity contribution in [1.82, 2.24) is 9.97 Å². The lowest BCUT2D eigenvalue weighted by atomic mass is 10.2. The van der Waals surface area contributed by atoms with Gasteiger partial charge in [-0.1, -0.05) is 0 Å². The maximum Gasteiger partial charge on any atom is 0.146 e. The van der Waals surface area contributed by atoms with Crippen LogP contribution in [0.3, 0.4) is 0 Å². The number of halogens is 1. The molecule has 24 heavy (non-hydrogen) atoms. The highest BCUT2D eigenvalue weighted by molar-refractivity contribution is 7.17. The Bertz CT molecular complexity index is 877. The Hall–Kier alpha value is -2.25. The molecule has 0 spiro atoms. The van der Waals surface area contributed by atoms with Crippen molar-refractivity contribution in [2.24, 2.45) is 0 Å². The Morgan fingerprint density at radius 2 is 2.29 bits per heavy atom. The van der Waals surface area contributed by atoms with Gasteiger partial charge in [-0.25, -0.2) is 14.4 Å². The topological polar surface area (TPSA) is 56.3 Å². The zero-order valence-corrected chi connectivity index (χ0v) is 13.9. The van der Waals surface area contributed by atoms with Crippen LogP contribution in [0.5, 0.6) is 5.75 Å². The molecule has 7 heteroatoms. The second kappa shape index (κ2) is 6.33. The first kappa shape index (κ1) is 15.3. The highest BCUT2D eigenvalue weighted by atomic mass is 32.1. The van der Waals surface area contributed by atoms with Crippen molar-refractivity contribution in [2.75, 3.05) is 18.5 Å². The van der Waals surface area contributed by atoms with Crippen LogP contribution in [0.4, 0.5) is 15.9 Å². The largest absolute Gasteiger partial charge is 0.486 e. The number of hydrogen-bond donors (Lipinski definition) is 1. The molecule has 3 heterocycles. The molecule has 0 bridgehead atoms. The number of rotatable bonds is 4. The summed E-state index contributed by atoms with van der Waals surface area (Å²) in [6, 6.07) is 4.45. The number of thiophene rings is 1. The Balaban J connectivity index is 1.69. The molecule has 1 atom stereocenters. The monoisotopic (exact) mass is 345 g/mol. The smallest absolute Gasteiger partial charge is 0.146 e. The number of anilines is 2. The molecular formula is C17H16FN3O2S. The minimum Gasteiger partial charge on any atom is -0.486 e. The summed E-state index contributed by atoms with van der Waals surface area (Å²) in [6.45, 7) is 3.21. The van der Waals surface area contributed by atoms with Gasteiger partial charge in [-0.15, -0.1) is 11.3 Å². The number of nitrogens with zero attached hydrogens (tertiary/aromatic N) is 2. The fourth-order valence-electron chi connectivity index (χ4n) is 2.72. The molecule has 1 unspecified atom stereocenters. The summed E-state index contributed by atoms with van der Waals surface area (Å²) in [5, 5.41) is 6.28. The number of aryl methyl sites for hydroxylation is 1. The van der Waals surface area contributed by atoms with E-state index < -0.39 is 0 Å². The van der Waals surface area contributed by atoms with E-state index in [9.17, 15) is 4.39 Å². The molecule has 0 saturated carbocycles. The van der Waals surface area contributed by atoms with Crippen molar-refractivity contribution in [3.63, 3.8) is 0 Å². The van der Waals surface area contributed by atoms with Crippen molar-refractivity contribution >= 4 is 33.1 Å². The molecule has 1 aliphatic heterocycles. The number of ether oxygens (including phenoxy) is 2. The van der Waals surface area contributed by atoms with E-state index in [1.807, 2.05) is 12.3 Å². The van der Waals surface area contributed by atoms with E-state index in [2.05, 4.69) is 15.3 Å². The zero-order valence-electron chi connectivity index (χ0n) is 13.1. The van der Waals surface area contributed by atoms with Crippen LogP contribution in [-0.4, -0.2) is 29.3 Å². The first-order valence-electron chi connectivity index (χ1n) is 7.70. The Labute approximate surface area is 142 Å². The maximum absolute atomic E-state index is 13.7. The number of nitrogens with one attached hydrogen (secondary N) is 1. The Kier molecular flexibility index (Phi) is 4.03. The molecule has 0 aliphatic carbocycles. The van der Waals surface area contributed by atoms with Gasteiger partial charge in [-0.2, -0.15) is 0 Å². The summed E-state index contributed by atoms with van der Waals surface area (Å²) in [7, 11) is 0. The average Bonchev–Trinajstić information content (AvgIpc) is 3.21. The molecule has 3 aromatic rings. The summed E-state index contributed by atoms with van der Waals surface area (Å²) in [6.07, 6.45) is 2.27. The first-order chi connectivity index (χ1) is 11.7. The van der Waals surface area contributed by atoms with Gasteiger partial charge in [0.1, 0.15) is 34.6 Å². The van der Waals surface area contributed by atoms with Crippen LogP contribution in [0.25, 0.3) is 10.2 Å². The van der Waals surface area contributed by atoms with Gasteiger partial charge < -0.3 is 14.8 Å². The second-order valence-electron chi connectivity index (χ2n) is 5.69. The second-order valence-corrected chi connectivity index (χ2v) is 6.55. The number of hydrogen-bond acceptors (Lipinski definition) is 6. The lowest BCUT2D eigenvalue weighted by Gasteiger charge is -2.17. The lowest BCUT2D eigenvalue weighted by molar-refractivity contribution is 0.141. The molecule has 1 saturated heterocycles. The number of aromatic nitrogens is 2. The predicted octanol–water partition coefficient (Wildman–Crippen LogP) is 4.05. The van der Waals surface area contributed by atoms with Gasteiger partial charge in [-0.3, -0.25) is 0 Å². The van der Waals surface area contributed by atoms with Gasteiger partial charge in [0.05, 0.1) is 24.3 Å². The molecule has 0 amide bonds. The number of fused-ring (bicyclic) bond motifs is 1. The molecule has 124 valence electrons. The summed E-state index contributed by atoms with van der Waals surface area (Å²) in [4.78, 5) is 9.54. The van der Waals surface area contributed by atoms with Gasteiger partial charge in [-0.05, 0) is 30.0 Å². The highest BCUT2D eigenvalue weighted by Crippen LogP contribution is 2.34. The molecule has 0 radical (unpaired) electrons. The Morgan fingerprint density at radius 1 is 1.38 bits per heavy atom. The van der Waals surface area contributed by atoms with E-state index in [4.69, 9.17) is 9.47 Å². The summed E-state index contributed by atoms with van der Waals surface area (Å²) in [5.74, 6) is 0.817. The van der Waals surface area contributed by atoms with Gasteiger partial charge in [0.25, 0.3) is 0 Å². The molecule has 1 aliphatic rings. The van der Waals surface area contributed by atoms with E-state index in [0.29, 0.717) is 30.5 Å². The summed E-state index contributed by atoms with van der Waals surface area (Å²) < 4.78 is 24.9. The van der Waals surface area contributed by atoms with E-state index in [-0.39, 0.29) is 11.9 Å². The van der Waals surface area contributed by atoms with Gasteiger partial charge >= 0.3 is 0 Å². The standard InChI is InChI=1S/C17H16FN3O2S/c1-10-8-24-17-15(10)16(19-9-20-17)21-13-3-2-11(18)6-14(13)23-12-4-5-22-7-12/h2-3,6,8-9,12H,4-5,7H2,1H3,(H,19,20,21). The van der Waals surface area contributed by atoms with Crippen LogP contribution in [-0.2, 0) is 4.74 Å². The normalized spacial score (nSPS) is 17.3. The van der Waals surface area contributed by atoms with Crippen LogP contribution in [0.15, 0.2) is 29.9 Å². The third kappa shape index (κ3) is 2.92. The molecular weight excluding hydrogens is 329 g/mol. The average molecular weight is 345 g/mol. The van der Waals surface area contributed by atoms with Gasteiger partial charge in [0, 0.05) is 12.5 Å². The fraction of sp³-hybridized carbons (Fsp3) is 0.294. The van der Waals surface area contributed by atoms with Crippen LogP contribution < -0.4 is 10.1 Å². The molecule has 2 aromatic heterocycles. The van der Waals surface area contributed by atoms with Crippen molar-refractivity contribution < 1.29 is 13.9 Å². The minimum absolute atomic E-state index is 0.0550. The summed E-state index contributed by atoms with van der Waals surface area (Å²) in [5.41, 5.74) is 1.78. The zero-order chi connectivity index (χ0) is 16.5. The van der Waals surface area contributed by atoms with E-state index in [1.165, 1.54) is 18.5 Å². The van der Waals surface area contributed by atoms with Crippen LogP contribution in [0, 0.1) is 12.7 Å². The SMILES string of the molecule is Cc1csc2ncnc(Nc3ccc(F)cc3OC3CCOC3)c12. The van der Waals surface area contributed by atoms with Crippen molar-refractivity contribution in [3.8, 4) is 5.75 Å². The van der Waals surface area contributed by atoms with E-state index in [0.717, 1.165) is 22.2 Å². The molecule has 5 nitrogen and oxygen atoms in total. The molecule has 1 fully saturated rings. The fourth-order valence-corrected chi connectivity index (χ4v) is 3.61. The third-order valence-corrected chi connectivity index (χ3v) is 4.94. The predicted molar refractivity (Wildman–Crippen MR) is 91.7 cm³/mol.